The van der Waals surface area contributed by atoms with Gasteiger partial charge in [-0.05, 0) is 51.3 Å². The Balaban J connectivity index is 0.000000220. The van der Waals surface area contributed by atoms with Crippen LogP contribution in [0.3, 0.4) is 0 Å². The Labute approximate surface area is 219 Å². The van der Waals surface area contributed by atoms with Crippen LogP contribution in [0.5, 0.6) is 0 Å². The number of ether oxygens (including phenoxy) is 3. The lowest BCUT2D eigenvalue weighted by Crippen LogP contribution is -2.49. The van der Waals surface area contributed by atoms with Crippen LogP contribution in [-0.4, -0.2) is 67.3 Å². The molecular weight excluding hydrogens is 478 g/mol. The molecule has 4 rings (SSSR count). The first-order valence-corrected chi connectivity index (χ1v) is 13.0. The molecule has 6 nitrogen and oxygen atoms in total. The molecule has 1 N–H and O–H groups in total. The summed E-state index contributed by atoms with van der Waals surface area (Å²) < 4.78 is 44.1. The maximum absolute atomic E-state index is 14.2. The van der Waals surface area contributed by atoms with Crippen molar-refractivity contribution in [2.45, 2.75) is 77.0 Å². The molecule has 2 aliphatic heterocycles. The lowest BCUT2D eigenvalue weighted by Gasteiger charge is -2.35. The lowest BCUT2D eigenvalue weighted by atomic mass is 10.1. The first-order valence-electron chi connectivity index (χ1n) is 13.0. The summed E-state index contributed by atoms with van der Waals surface area (Å²) in [6.07, 6.45) is -2.00. The Morgan fingerprint density at radius 1 is 0.892 bits per heavy atom. The van der Waals surface area contributed by atoms with Crippen molar-refractivity contribution in [2.75, 3.05) is 26.2 Å². The maximum atomic E-state index is 14.2. The van der Waals surface area contributed by atoms with Crippen LogP contribution in [-0.2, 0) is 27.4 Å². The van der Waals surface area contributed by atoms with Gasteiger partial charge >= 0.3 is 6.09 Å². The fourth-order valence-electron chi connectivity index (χ4n) is 4.10. The van der Waals surface area contributed by atoms with Gasteiger partial charge in [-0.2, -0.15) is 0 Å². The number of hydrogen-bond donors (Lipinski definition) is 1. The van der Waals surface area contributed by atoms with Crippen molar-refractivity contribution in [3.05, 3.63) is 71.8 Å². The van der Waals surface area contributed by atoms with Crippen LogP contribution in [0.25, 0.3) is 0 Å². The van der Waals surface area contributed by atoms with Gasteiger partial charge in [0.2, 0.25) is 0 Å². The van der Waals surface area contributed by atoms with Gasteiger partial charge in [-0.15, -0.1) is 0 Å². The van der Waals surface area contributed by atoms with Crippen LogP contribution in [0, 0.1) is 0 Å². The number of carbonyl (C=O) groups is 1. The highest BCUT2D eigenvalue weighted by Crippen LogP contribution is 2.21. The molecule has 0 aromatic heterocycles. The van der Waals surface area contributed by atoms with E-state index in [9.17, 15) is 13.6 Å². The standard InChI is InChI=1S/C17H24FNO3.C12H16FNO/c1-17(2,3)22-16(20)19-10-9-15(14(18)11-19)21-12-13-7-5-4-6-8-13;13-11-8-14-7-6-12(11)15-9-10-4-2-1-3-5-10/h4-8,14-15H,9-12H2,1-3H3;1-5,11-12,14H,6-9H2. The molecule has 2 heterocycles. The molecule has 37 heavy (non-hydrogen) atoms. The smallest absolute Gasteiger partial charge is 0.410 e. The second-order valence-corrected chi connectivity index (χ2v) is 10.4. The van der Waals surface area contributed by atoms with Crippen LogP contribution in [0.4, 0.5) is 13.6 Å². The summed E-state index contributed by atoms with van der Waals surface area (Å²) in [4.78, 5) is 13.4. The zero-order valence-electron chi connectivity index (χ0n) is 22.1. The molecule has 4 unspecified atom stereocenters. The molecule has 0 aliphatic carbocycles. The second-order valence-electron chi connectivity index (χ2n) is 10.4. The minimum Gasteiger partial charge on any atom is -0.444 e. The zero-order chi connectivity index (χ0) is 26.7. The van der Waals surface area contributed by atoms with E-state index in [-0.39, 0.29) is 12.6 Å². The van der Waals surface area contributed by atoms with Crippen molar-refractivity contribution in [3.8, 4) is 0 Å². The van der Waals surface area contributed by atoms with Gasteiger partial charge in [-0.1, -0.05) is 60.7 Å². The topological polar surface area (TPSA) is 60.0 Å². The molecule has 0 bridgehead atoms. The molecule has 0 radical (unpaired) electrons. The summed E-state index contributed by atoms with van der Waals surface area (Å²) >= 11 is 0. The summed E-state index contributed by atoms with van der Waals surface area (Å²) in [6, 6.07) is 19.6. The molecule has 2 aromatic rings. The van der Waals surface area contributed by atoms with Crippen LogP contribution >= 0.6 is 0 Å². The Kier molecular flexibility index (Phi) is 11.3. The number of rotatable bonds is 6. The van der Waals surface area contributed by atoms with Gasteiger partial charge < -0.3 is 24.4 Å². The Morgan fingerprint density at radius 3 is 1.92 bits per heavy atom. The van der Waals surface area contributed by atoms with Gasteiger partial charge in [0, 0.05) is 13.1 Å². The van der Waals surface area contributed by atoms with E-state index in [0.29, 0.717) is 32.7 Å². The van der Waals surface area contributed by atoms with Gasteiger partial charge in [0.25, 0.3) is 0 Å². The van der Waals surface area contributed by atoms with Gasteiger partial charge in [0.05, 0.1) is 32.0 Å². The number of piperidine rings is 2. The van der Waals surface area contributed by atoms with Gasteiger partial charge in [0.1, 0.15) is 17.9 Å². The van der Waals surface area contributed by atoms with E-state index in [1.54, 1.807) is 20.8 Å². The molecule has 2 fully saturated rings. The first kappa shape index (κ1) is 29.0. The zero-order valence-corrected chi connectivity index (χ0v) is 22.1. The van der Waals surface area contributed by atoms with Crippen molar-refractivity contribution in [2.24, 2.45) is 0 Å². The van der Waals surface area contributed by atoms with Crippen molar-refractivity contribution >= 4 is 6.09 Å². The number of likely N-dealkylation sites (tertiary alicyclic amines) is 1. The molecule has 8 heteroatoms. The molecule has 2 saturated heterocycles. The average molecular weight is 519 g/mol. The molecule has 0 spiro atoms. The molecule has 204 valence electrons. The van der Waals surface area contributed by atoms with Crippen molar-refractivity contribution in [1.82, 2.24) is 10.2 Å². The van der Waals surface area contributed by atoms with Crippen LogP contribution in [0.15, 0.2) is 60.7 Å². The third kappa shape index (κ3) is 10.4. The average Bonchev–Trinajstić information content (AvgIpc) is 2.88. The van der Waals surface area contributed by atoms with Crippen LogP contribution < -0.4 is 5.32 Å². The Bertz CT molecular complexity index is 927. The highest BCUT2D eigenvalue weighted by Gasteiger charge is 2.34. The molecule has 2 aliphatic rings. The van der Waals surface area contributed by atoms with Crippen molar-refractivity contribution in [3.63, 3.8) is 0 Å². The largest absolute Gasteiger partial charge is 0.444 e. The monoisotopic (exact) mass is 518 g/mol. The van der Waals surface area contributed by atoms with Gasteiger partial charge in [-0.3, -0.25) is 0 Å². The van der Waals surface area contributed by atoms with Gasteiger partial charge in [0.15, 0.2) is 0 Å². The Hall–Kier alpha value is -2.55. The van der Waals surface area contributed by atoms with E-state index in [1.165, 1.54) is 4.90 Å². The predicted octanol–water partition coefficient (Wildman–Crippen LogP) is 5.45. The summed E-state index contributed by atoms with van der Waals surface area (Å²) in [6.45, 7) is 8.03. The van der Waals surface area contributed by atoms with Crippen molar-refractivity contribution < 1.29 is 27.8 Å². The van der Waals surface area contributed by atoms with Crippen LogP contribution in [0.1, 0.15) is 44.7 Å². The number of nitrogens with zero attached hydrogens (tertiary/aromatic N) is 1. The second kappa shape index (κ2) is 14.4. The minimum atomic E-state index is -1.19. The summed E-state index contributed by atoms with van der Waals surface area (Å²) in [7, 11) is 0. The normalized spacial score (nSPS) is 24.1. The first-order chi connectivity index (χ1) is 17.7. The minimum absolute atomic E-state index is 0.0222. The van der Waals surface area contributed by atoms with E-state index >= 15 is 0 Å². The van der Waals surface area contributed by atoms with E-state index in [0.717, 1.165) is 24.1 Å². The summed E-state index contributed by atoms with van der Waals surface area (Å²) in [5, 5.41) is 3.01. The fourth-order valence-corrected chi connectivity index (χ4v) is 4.10. The number of hydrogen-bond acceptors (Lipinski definition) is 5. The number of halogens is 2. The number of carbonyl (C=O) groups excluding carboxylic acids is 1. The van der Waals surface area contributed by atoms with Gasteiger partial charge in [-0.25, -0.2) is 13.6 Å². The number of alkyl halides is 2. The SMILES string of the molecule is CC(C)(C)OC(=O)N1CCC(OCc2ccccc2)C(F)C1.FC1CNCCC1OCc1ccccc1. The number of benzene rings is 2. The molecule has 2 aromatic carbocycles. The number of amides is 1. The molecule has 4 atom stereocenters. The quantitative estimate of drug-likeness (QED) is 0.551. The van der Waals surface area contributed by atoms with E-state index < -0.39 is 30.1 Å². The van der Waals surface area contributed by atoms with Crippen LogP contribution in [0.2, 0.25) is 0 Å². The van der Waals surface area contributed by atoms with E-state index in [2.05, 4.69) is 5.32 Å². The third-order valence-corrected chi connectivity index (χ3v) is 6.10. The number of nitrogens with one attached hydrogen (secondary N) is 1. The summed E-state index contributed by atoms with van der Waals surface area (Å²) in [5.74, 6) is 0. The molecule has 1 amide bonds. The lowest BCUT2D eigenvalue weighted by molar-refractivity contribution is -0.0580. The fraction of sp³-hybridized carbons (Fsp3) is 0.552. The molecule has 0 saturated carbocycles. The predicted molar refractivity (Wildman–Crippen MR) is 140 cm³/mol. The third-order valence-electron chi connectivity index (χ3n) is 6.10. The maximum Gasteiger partial charge on any atom is 0.410 e. The van der Waals surface area contributed by atoms with E-state index in [4.69, 9.17) is 14.2 Å². The Morgan fingerprint density at radius 2 is 1.43 bits per heavy atom. The van der Waals surface area contributed by atoms with E-state index in [1.807, 2.05) is 60.7 Å². The highest BCUT2D eigenvalue weighted by atomic mass is 19.1. The molecular formula is C29H40F2N2O4. The van der Waals surface area contributed by atoms with Crippen molar-refractivity contribution in [1.29, 1.82) is 0 Å². The highest BCUT2D eigenvalue weighted by molar-refractivity contribution is 5.68. The summed E-state index contributed by atoms with van der Waals surface area (Å²) in [5.41, 5.74) is 1.55.